The molecule has 0 aromatic carbocycles. The zero-order valence-corrected chi connectivity index (χ0v) is 15.7. The standard InChI is InChI=1S/C15H31N3O.2ClH/c1-6-8-17(5)10-12-7-9-18(11-12)14(19)13(16)15(2,3)4;;/h12-13H,6-11,16H2,1-5H3;2*1H/t12?,13-;;/m1../s1. The van der Waals surface area contributed by atoms with Crippen molar-refractivity contribution in [3.63, 3.8) is 0 Å². The summed E-state index contributed by atoms with van der Waals surface area (Å²) in [7, 11) is 2.16. The van der Waals surface area contributed by atoms with Crippen LogP contribution in [-0.2, 0) is 4.79 Å². The van der Waals surface area contributed by atoms with Crippen LogP contribution in [-0.4, -0.2) is 55.0 Å². The Kier molecular flexibility index (Phi) is 10.9. The minimum absolute atomic E-state index is 0. The Morgan fingerprint density at radius 2 is 1.95 bits per heavy atom. The van der Waals surface area contributed by atoms with Gasteiger partial charge in [-0.25, -0.2) is 0 Å². The minimum atomic E-state index is -0.389. The van der Waals surface area contributed by atoms with Crippen molar-refractivity contribution >= 4 is 30.7 Å². The molecule has 2 atom stereocenters. The lowest BCUT2D eigenvalue weighted by molar-refractivity contribution is -0.134. The third-order valence-electron chi connectivity index (χ3n) is 3.97. The van der Waals surface area contributed by atoms with E-state index in [-0.39, 0.29) is 42.2 Å². The van der Waals surface area contributed by atoms with Crippen LogP contribution in [0.15, 0.2) is 0 Å². The summed E-state index contributed by atoms with van der Waals surface area (Å²) in [4.78, 5) is 16.7. The summed E-state index contributed by atoms with van der Waals surface area (Å²) in [6, 6.07) is -0.389. The number of hydrogen-bond acceptors (Lipinski definition) is 3. The molecule has 6 heteroatoms. The van der Waals surface area contributed by atoms with E-state index in [1.54, 1.807) is 0 Å². The molecule has 4 nitrogen and oxygen atoms in total. The quantitative estimate of drug-likeness (QED) is 0.835. The second kappa shape index (κ2) is 9.88. The maximum atomic E-state index is 12.3. The van der Waals surface area contributed by atoms with Crippen LogP contribution in [0.4, 0.5) is 0 Å². The molecular weight excluding hydrogens is 309 g/mol. The molecule has 1 aliphatic heterocycles. The first kappa shape index (κ1) is 23.2. The van der Waals surface area contributed by atoms with E-state index in [0.717, 1.165) is 32.6 Å². The van der Waals surface area contributed by atoms with E-state index < -0.39 is 0 Å². The fourth-order valence-electron chi connectivity index (χ4n) is 2.66. The predicted molar refractivity (Wildman–Crippen MR) is 94.4 cm³/mol. The van der Waals surface area contributed by atoms with Gasteiger partial charge in [-0.05, 0) is 37.8 Å². The first-order valence-corrected chi connectivity index (χ1v) is 7.48. The number of nitrogens with two attached hydrogens (primary N) is 1. The largest absolute Gasteiger partial charge is 0.341 e. The van der Waals surface area contributed by atoms with Gasteiger partial charge < -0.3 is 15.5 Å². The van der Waals surface area contributed by atoms with E-state index in [2.05, 4.69) is 18.9 Å². The Balaban J connectivity index is 0. The smallest absolute Gasteiger partial charge is 0.240 e. The van der Waals surface area contributed by atoms with Gasteiger partial charge in [-0.15, -0.1) is 24.8 Å². The third-order valence-corrected chi connectivity index (χ3v) is 3.97. The van der Waals surface area contributed by atoms with Gasteiger partial charge >= 0.3 is 0 Å². The molecule has 21 heavy (non-hydrogen) atoms. The van der Waals surface area contributed by atoms with Gasteiger partial charge in [0.2, 0.25) is 5.91 Å². The predicted octanol–water partition coefficient (Wildman–Crippen LogP) is 2.39. The van der Waals surface area contributed by atoms with Crippen LogP contribution in [0.2, 0.25) is 0 Å². The van der Waals surface area contributed by atoms with E-state index >= 15 is 0 Å². The zero-order chi connectivity index (χ0) is 14.6. The SMILES string of the molecule is CCCN(C)CC1CCN(C(=O)[C@@H](N)C(C)(C)C)C1.Cl.Cl. The number of amides is 1. The Morgan fingerprint density at radius 3 is 2.43 bits per heavy atom. The summed E-state index contributed by atoms with van der Waals surface area (Å²) in [6.45, 7) is 12.2. The lowest BCUT2D eigenvalue weighted by Gasteiger charge is -2.30. The van der Waals surface area contributed by atoms with E-state index in [0.29, 0.717) is 5.92 Å². The average molecular weight is 342 g/mol. The van der Waals surface area contributed by atoms with Crippen LogP contribution in [0.5, 0.6) is 0 Å². The maximum Gasteiger partial charge on any atom is 0.240 e. The molecule has 0 saturated carbocycles. The van der Waals surface area contributed by atoms with E-state index in [1.807, 2.05) is 25.7 Å². The first-order valence-electron chi connectivity index (χ1n) is 7.48. The van der Waals surface area contributed by atoms with Crippen LogP contribution in [0.3, 0.4) is 0 Å². The monoisotopic (exact) mass is 341 g/mol. The second-order valence-electron chi connectivity index (χ2n) is 7.04. The Bertz CT molecular complexity index is 308. The number of halogens is 2. The van der Waals surface area contributed by atoms with E-state index in [4.69, 9.17) is 5.73 Å². The Morgan fingerprint density at radius 1 is 1.38 bits per heavy atom. The van der Waals surface area contributed by atoms with Crippen molar-refractivity contribution in [2.24, 2.45) is 17.1 Å². The van der Waals surface area contributed by atoms with Crippen molar-refractivity contribution in [1.82, 2.24) is 9.80 Å². The molecule has 1 fully saturated rings. The van der Waals surface area contributed by atoms with Crippen molar-refractivity contribution < 1.29 is 4.79 Å². The van der Waals surface area contributed by atoms with Gasteiger partial charge in [0.05, 0.1) is 6.04 Å². The van der Waals surface area contributed by atoms with Crippen LogP contribution in [0, 0.1) is 11.3 Å². The van der Waals surface area contributed by atoms with Gasteiger partial charge in [0.1, 0.15) is 0 Å². The van der Waals surface area contributed by atoms with Crippen molar-refractivity contribution in [3.8, 4) is 0 Å². The molecule has 128 valence electrons. The minimum Gasteiger partial charge on any atom is -0.341 e. The summed E-state index contributed by atoms with van der Waals surface area (Å²) in [5, 5.41) is 0. The number of carbonyl (C=O) groups excluding carboxylic acids is 1. The van der Waals surface area contributed by atoms with Gasteiger partial charge in [0.15, 0.2) is 0 Å². The molecule has 1 amide bonds. The second-order valence-corrected chi connectivity index (χ2v) is 7.04. The molecule has 0 radical (unpaired) electrons. The molecule has 0 aromatic rings. The topological polar surface area (TPSA) is 49.6 Å². The van der Waals surface area contributed by atoms with Gasteiger partial charge in [0.25, 0.3) is 0 Å². The Hall–Kier alpha value is -0.0300. The van der Waals surface area contributed by atoms with Crippen molar-refractivity contribution in [2.75, 3.05) is 33.2 Å². The van der Waals surface area contributed by atoms with Crippen molar-refractivity contribution in [2.45, 2.75) is 46.6 Å². The Labute approximate surface area is 142 Å². The molecule has 0 aliphatic carbocycles. The molecule has 0 spiro atoms. The number of likely N-dealkylation sites (tertiary alicyclic amines) is 1. The number of carbonyl (C=O) groups is 1. The van der Waals surface area contributed by atoms with Crippen molar-refractivity contribution in [1.29, 1.82) is 0 Å². The molecule has 2 N–H and O–H groups in total. The lowest BCUT2D eigenvalue weighted by atomic mass is 9.86. The van der Waals surface area contributed by atoms with E-state index in [9.17, 15) is 4.79 Å². The van der Waals surface area contributed by atoms with Gasteiger partial charge in [-0.3, -0.25) is 4.79 Å². The van der Waals surface area contributed by atoms with Crippen LogP contribution >= 0.6 is 24.8 Å². The summed E-state index contributed by atoms with van der Waals surface area (Å²) in [5.74, 6) is 0.723. The molecule has 1 rings (SSSR count). The van der Waals surface area contributed by atoms with Crippen LogP contribution < -0.4 is 5.73 Å². The highest BCUT2D eigenvalue weighted by Gasteiger charge is 2.34. The molecular formula is C15H33Cl2N3O. The molecule has 1 unspecified atom stereocenters. The first-order chi connectivity index (χ1) is 8.75. The fourth-order valence-corrected chi connectivity index (χ4v) is 2.66. The molecule has 1 heterocycles. The normalized spacial score (nSPS) is 20.0. The average Bonchev–Trinajstić information content (AvgIpc) is 2.74. The van der Waals surface area contributed by atoms with Crippen molar-refractivity contribution in [3.05, 3.63) is 0 Å². The van der Waals surface area contributed by atoms with Crippen LogP contribution in [0.25, 0.3) is 0 Å². The third kappa shape index (κ3) is 7.18. The van der Waals surface area contributed by atoms with Gasteiger partial charge in [-0.1, -0.05) is 27.7 Å². The molecule has 1 aliphatic rings. The number of nitrogens with zero attached hydrogens (tertiary/aromatic N) is 2. The molecule has 1 saturated heterocycles. The maximum absolute atomic E-state index is 12.3. The van der Waals surface area contributed by atoms with E-state index in [1.165, 1.54) is 6.42 Å². The fraction of sp³-hybridized carbons (Fsp3) is 0.933. The van der Waals surface area contributed by atoms with Gasteiger partial charge in [-0.2, -0.15) is 0 Å². The lowest BCUT2D eigenvalue weighted by Crippen LogP contribution is -2.49. The van der Waals surface area contributed by atoms with Crippen LogP contribution in [0.1, 0.15) is 40.5 Å². The highest BCUT2D eigenvalue weighted by molar-refractivity contribution is 5.85. The molecule has 0 aromatic heterocycles. The zero-order valence-electron chi connectivity index (χ0n) is 14.1. The summed E-state index contributed by atoms with van der Waals surface area (Å²) >= 11 is 0. The summed E-state index contributed by atoms with van der Waals surface area (Å²) in [6.07, 6.45) is 2.29. The van der Waals surface area contributed by atoms with Gasteiger partial charge in [0, 0.05) is 19.6 Å². The highest BCUT2D eigenvalue weighted by Crippen LogP contribution is 2.23. The number of hydrogen-bond donors (Lipinski definition) is 1. The molecule has 0 bridgehead atoms. The highest BCUT2D eigenvalue weighted by atomic mass is 35.5. The number of rotatable bonds is 5. The summed E-state index contributed by atoms with van der Waals surface area (Å²) < 4.78 is 0. The summed E-state index contributed by atoms with van der Waals surface area (Å²) in [5.41, 5.74) is 5.91.